The van der Waals surface area contributed by atoms with E-state index in [1.165, 1.54) is 7.11 Å². The van der Waals surface area contributed by atoms with E-state index < -0.39 is 12.1 Å². The second-order valence-corrected chi connectivity index (χ2v) is 15.7. The molecule has 7 rings (SSSR count). The molecule has 2 amide bonds. The van der Waals surface area contributed by atoms with Gasteiger partial charge in [-0.1, -0.05) is 59.6 Å². The number of amides is 2. The normalized spacial score (nSPS) is 18.1. The fourth-order valence-corrected chi connectivity index (χ4v) is 8.68. The molecule has 13 nitrogen and oxygen atoms in total. The molecule has 2 atom stereocenters. The Morgan fingerprint density at radius 1 is 1.07 bits per heavy atom. The molecule has 0 radical (unpaired) electrons. The number of fused-ring (bicyclic) bond motifs is 1. The van der Waals surface area contributed by atoms with Gasteiger partial charge in [0.15, 0.2) is 0 Å². The van der Waals surface area contributed by atoms with Crippen molar-refractivity contribution in [1.29, 1.82) is 0 Å². The fraction of sp³-hybridized carbons (Fsp3) is 0.405. The van der Waals surface area contributed by atoms with Crippen LogP contribution in [0.5, 0.6) is 11.8 Å². The highest BCUT2D eigenvalue weighted by Crippen LogP contribution is 2.44. The molecule has 57 heavy (non-hydrogen) atoms. The van der Waals surface area contributed by atoms with Crippen LogP contribution in [0.1, 0.15) is 77.2 Å². The number of pyridine rings is 2. The highest BCUT2D eigenvalue weighted by molar-refractivity contribution is 6.37. The zero-order chi connectivity index (χ0) is 40.1. The Morgan fingerprint density at radius 2 is 1.86 bits per heavy atom. The van der Waals surface area contributed by atoms with Gasteiger partial charge in [-0.15, -0.1) is 0 Å². The molecular weight excluding hydrogens is 771 g/mol. The molecule has 0 unspecified atom stereocenters. The standard InChI is InChI=1S/C42H46Cl2N6O7/c1-56-39-26(22-45-23-27(51)20-36(52)53)19-33(43)40(49-39)57-34-11-10-29-28(5-2-6-30(29)34)31-7-3-8-32(37(31)44)38(54)48-35-12-9-25(21-47-35)24-50-17-14-42(15-18-50)13-4-16-46-41(42)55/h2-3,5-9,12,19,21,27,34,45,51H,4,10-11,13-18,20,22-24H2,1H3,(H,46,55)(H,52,53)(H,47,48,54)/t27-,34-/m0/s1. The number of aliphatic hydroxyl groups is 1. The number of carbonyl (C=O) groups is 3. The number of aromatic nitrogens is 2. The molecule has 4 aromatic rings. The Hall–Kier alpha value is -4.79. The summed E-state index contributed by atoms with van der Waals surface area (Å²) in [6.45, 7) is 3.54. The first-order valence-corrected chi connectivity index (χ1v) is 20.0. The van der Waals surface area contributed by atoms with Crippen molar-refractivity contribution in [3.63, 3.8) is 0 Å². The molecule has 4 heterocycles. The second-order valence-electron chi connectivity index (χ2n) is 14.9. The number of piperidine rings is 2. The second kappa shape index (κ2) is 17.8. The molecule has 3 aliphatic rings. The van der Waals surface area contributed by atoms with Crippen LogP contribution in [0.4, 0.5) is 5.82 Å². The summed E-state index contributed by atoms with van der Waals surface area (Å²) in [6, 6.07) is 16.8. The zero-order valence-electron chi connectivity index (χ0n) is 31.7. The van der Waals surface area contributed by atoms with Crippen LogP contribution in [0, 0.1) is 5.41 Å². The maximum atomic E-state index is 13.6. The number of carboxylic acids is 1. The van der Waals surface area contributed by atoms with Gasteiger partial charge < -0.3 is 35.6 Å². The van der Waals surface area contributed by atoms with Crippen molar-refractivity contribution in [2.45, 2.75) is 70.2 Å². The molecule has 1 spiro atoms. The average molecular weight is 818 g/mol. The number of hydrogen-bond acceptors (Lipinski definition) is 10. The van der Waals surface area contributed by atoms with Crippen LogP contribution >= 0.6 is 23.2 Å². The summed E-state index contributed by atoms with van der Waals surface area (Å²) in [6.07, 6.45) is 5.11. The predicted molar refractivity (Wildman–Crippen MR) is 216 cm³/mol. The van der Waals surface area contributed by atoms with Crippen LogP contribution in [-0.4, -0.2) is 82.3 Å². The van der Waals surface area contributed by atoms with Gasteiger partial charge in [-0.2, -0.15) is 4.98 Å². The van der Waals surface area contributed by atoms with Crippen LogP contribution in [0.15, 0.2) is 60.8 Å². The lowest BCUT2D eigenvalue weighted by Gasteiger charge is -2.42. The predicted octanol–water partition coefficient (Wildman–Crippen LogP) is 6.20. The van der Waals surface area contributed by atoms with E-state index in [1.807, 2.05) is 36.4 Å². The number of ether oxygens (including phenoxy) is 2. The van der Waals surface area contributed by atoms with Gasteiger partial charge in [-0.3, -0.25) is 19.3 Å². The first kappa shape index (κ1) is 40.4. The van der Waals surface area contributed by atoms with E-state index in [1.54, 1.807) is 24.4 Å². The molecule has 2 aromatic carbocycles. The SMILES string of the molecule is COc1nc(O[C@H]2CCc3c(-c4cccc(C(=O)Nc5ccc(CN6CCC7(CCCNC7=O)CC6)cn5)c4Cl)cccc32)c(Cl)cc1CNC[C@@H](O)CC(=O)O. The molecule has 15 heteroatoms. The zero-order valence-corrected chi connectivity index (χ0v) is 33.2. The van der Waals surface area contributed by atoms with Gasteiger partial charge in [-0.05, 0) is 92.1 Å². The first-order chi connectivity index (χ1) is 27.5. The summed E-state index contributed by atoms with van der Waals surface area (Å²) in [5.41, 5.74) is 5.40. The van der Waals surface area contributed by atoms with E-state index in [9.17, 15) is 19.5 Å². The number of carbonyl (C=O) groups excluding carboxylic acids is 2. The van der Waals surface area contributed by atoms with Crippen LogP contribution < -0.4 is 25.4 Å². The highest BCUT2D eigenvalue weighted by Gasteiger charge is 2.42. The van der Waals surface area contributed by atoms with Crippen molar-refractivity contribution in [3.05, 3.63) is 98.7 Å². The van der Waals surface area contributed by atoms with Crippen molar-refractivity contribution in [2.24, 2.45) is 5.41 Å². The third-order valence-corrected chi connectivity index (χ3v) is 11.8. The van der Waals surface area contributed by atoms with Crippen molar-refractivity contribution in [2.75, 3.05) is 38.6 Å². The quantitative estimate of drug-likeness (QED) is 0.0981. The van der Waals surface area contributed by atoms with Gasteiger partial charge in [0.05, 0.1) is 35.6 Å². The summed E-state index contributed by atoms with van der Waals surface area (Å²) >= 11 is 13.6. The highest BCUT2D eigenvalue weighted by atomic mass is 35.5. The number of nitrogens with one attached hydrogen (secondary N) is 3. The number of methoxy groups -OCH3 is 1. The van der Waals surface area contributed by atoms with Crippen molar-refractivity contribution in [1.82, 2.24) is 25.5 Å². The first-order valence-electron chi connectivity index (χ1n) is 19.2. The van der Waals surface area contributed by atoms with Crippen molar-refractivity contribution in [3.8, 4) is 22.9 Å². The van der Waals surface area contributed by atoms with E-state index in [-0.39, 0.29) is 59.6 Å². The summed E-state index contributed by atoms with van der Waals surface area (Å²) in [7, 11) is 1.48. The topological polar surface area (TPSA) is 175 Å². The minimum atomic E-state index is -1.08. The molecular formula is C42H46Cl2N6O7. The smallest absolute Gasteiger partial charge is 0.306 e. The number of aliphatic carboxylic acids is 1. The van der Waals surface area contributed by atoms with Gasteiger partial charge >= 0.3 is 5.97 Å². The van der Waals surface area contributed by atoms with Crippen LogP contribution in [-0.2, 0) is 29.1 Å². The van der Waals surface area contributed by atoms with Gasteiger partial charge in [-0.25, -0.2) is 4.98 Å². The van der Waals surface area contributed by atoms with Crippen molar-refractivity contribution >= 4 is 46.8 Å². The number of hydrogen-bond donors (Lipinski definition) is 5. The number of aliphatic hydroxyl groups excluding tert-OH is 1. The van der Waals surface area contributed by atoms with E-state index >= 15 is 0 Å². The molecule has 0 bridgehead atoms. The van der Waals surface area contributed by atoms with E-state index in [4.69, 9.17) is 37.8 Å². The molecule has 2 aromatic heterocycles. The summed E-state index contributed by atoms with van der Waals surface area (Å²) < 4.78 is 11.9. The molecule has 0 saturated carbocycles. The average Bonchev–Trinajstić information content (AvgIpc) is 3.61. The minimum Gasteiger partial charge on any atom is -0.481 e. The molecule has 300 valence electrons. The Bertz CT molecular complexity index is 2130. The lowest BCUT2D eigenvalue weighted by atomic mass is 9.72. The van der Waals surface area contributed by atoms with Crippen LogP contribution in [0.2, 0.25) is 10.0 Å². The van der Waals surface area contributed by atoms with E-state index in [0.717, 1.165) is 79.7 Å². The van der Waals surface area contributed by atoms with E-state index in [0.29, 0.717) is 34.8 Å². The van der Waals surface area contributed by atoms with Crippen molar-refractivity contribution < 1.29 is 34.1 Å². The molecule has 1 aliphatic carbocycles. The molecule has 5 N–H and O–H groups in total. The molecule has 2 fully saturated rings. The molecule has 2 saturated heterocycles. The Kier molecular flexibility index (Phi) is 12.6. The van der Waals surface area contributed by atoms with Crippen LogP contribution in [0.3, 0.4) is 0 Å². The van der Waals surface area contributed by atoms with Crippen LogP contribution in [0.25, 0.3) is 11.1 Å². The summed E-state index contributed by atoms with van der Waals surface area (Å²) in [5, 5.41) is 28.3. The number of likely N-dealkylation sites (tertiary alicyclic amines) is 1. The maximum Gasteiger partial charge on any atom is 0.306 e. The monoisotopic (exact) mass is 816 g/mol. The number of benzene rings is 2. The lowest BCUT2D eigenvalue weighted by molar-refractivity contribution is -0.139. The largest absolute Gasteiger partial charge is 0.481 e. The summed E-state index contributed by atoms with van der Waals surface area (Å²) in [4.78, 5) is 48.4. The third-order valence-electron chi connectivity index (χ3n) is 11.2. The number of carboxylic acid groups (broad SMARTS) is 1. The van der Waals surface area contributed by atoms with Gasteiger partial charge in [0, 0.05) is 43.5 Å². The number of nitrogens with zero attached hydrogens (tertiary/aromatic N) is 3. The lowest BCUT2D eigenvalue weighted by Crippen LogP contribution is -2.51. The maximum absolute atomic E-state index is 13.6. The van der Waals surface area contributed by atoms with Gasteiger partial charge in [0.1, 0.15) is 16.9 Å². The Balaban J connectivity index is 0.989. The summed E-state index contributed by atoms with van der Waals surface area (Å²) in [5.74, 6) is -0.325. The fourth-order valence-electron chi connectivity index (χ4n) is 8.15. The number of halogens is 2. The van der Waals surface area contributed by atoms with Gasteiger partial charge in [0.25, 0.3) is 5.91 Å². The minimum absolute atomic E-state index is 0.0694. The molecule has 2 aliphatic heterocycles. The Morgan fingerprint density at radius 3 is 2.60 bits per heavy atom. The number of rotatable bonds is 14. The Labute approximate surface area is 341 Å². The van der Waals surface area contributed by atoms with E-state index in [2.05, 4.69) is 30.8 Å². The third kappa shape index (κ3) is 9.18. The van der Waals surface area contributed by atoms with Gasteiger partial charge in [0.2, 0.25) is 17.7 Å². The number of anilines is 1.